The van der Waals surface area contributed by atoms with Crippen LogP contribution in [0.3, 0.4) is 0 Å². The van der Waals surface area contributed by atoms with Crippen molar-refractivity contribution in [2.45, 2.75) is 38.4 Å². The number of unbranched alkanes of at least 4 members (excludes halogenated alkanes) is 1. The maximum atomic E-state index is 13.4. The number of nitrogens with two attached hydrogens (primary N) is 1. The fraction of sp³-hybridized carbons (Fsp3) is 0.500. The fourth-order valence-corrected chi connectivity index (χ4v) is 1.73. The van der Waals surface area contributed by atoms with Gasteiger partial charge in [0.25, 0.3) is 0 Å². The molecule has 0 aliphatic rings. The minimum absolute atomic E-state index is 0.332. The quantitative estimate of drug-likeness (QED) is 0.485. The van der Waals surface area contributed by atoms with Gasteiger partial charge in [-0.1, -0.05) is 25.8 Å². The van der Waals surface area contributed by atoms with E-state index < -0.39 is 17.6 Å². The zero-order valence-corrected chi connectivity index (χ0v) is 10.0. The van der Waals surface area contributed by atoms with E-state index in [1.54, 1.807) is 0 Å². The van der Waals surface area contributed by atoms with Gasteiger partial charge in [-0.3, -0.25) is 11.3 Å². The van der Waals surface area contributed by atoms with E-state index in [-0.39, 0.29) is 6.04 Å². The summed E-state index contributed by atoms with van der Waals surface area (Å²) in [5.41, 5.74) is 1.67. The SMILES string of the molecule is CCCCC(NN)c1ccc(C(F)(F)F)c(F)c1. The molecule has 102 valence electrons. The first kappa shape index (κ1) is 14.9. The molecule has 0 spiro atoms. The van der Waals surface area contributed by atoms with E-state index in [1.807, 2.05) is 6.92 Å². The number of rotatable bonds is 5. The zero-order valence-electron chi connectivity index (χ0n) is 10.0. The Labute approximate surface area is 103 Å². The van der Waals surface area contributed by atoms with Crippen molar-refractivity contribution in [3.05, 3.63) is 35.1 Å². The molecule has 3 N–H and O–H groups in total. The summed E-state index contributed by atoms with van der Waals surface area (Å²) in [7, 11) is 0. The van der Waals surface area contributed by atoms with E-state index in [2.05, 4.69) is 5.43 Å². The Morgan fingerprint density at radius 2 is 2.00 bits per heavy atom. The van der Waals surface area contributed by atoms with Crippen LogP contribution in [0.25, 0.3) is 0 Å². The van der Waals surface area contributed by atoms with E-state index in [0.29, 0.717) is 12.0 Å². The summed E-state index contributed by atoms with van der Waals surface area (Å²) in [6, 6.07) is 2.57. The number of hydrogen-bond acceptors (Lipinski definition) is 2. The highest BCUT2D eigenvalue weighted by Gasteiger charge is 2.34. The minimum Gasteiger partial charge on any atom is -0.271 e. The standard InChI is InChI=1S/C12H16F4N2/c1-2-3-4-11(18-17)8-5-6-9(10(13)7-8)12(14,15)16/h5-7,11,18H,2-4,17H2,1H3. The van der Waals surface area contributed by atoms with Crippen LogP contribution in [0.5, 0.6) is 0 Å². The topological polar surface area (TPSA) is 38.0 Å². The molecule has 6 heteroatoms. The van der Waals surface area contributed by atoms with Crippen molar-refractivity contribution in [2.24, 2.45) is 5.84 Å². The summed E-state index contributed by atoms with van der Waals surface area (Å²) in [4.78, 5) is 0. The fourth-order valence-electron chi connectivity index (χ4n) is 1.73. The van der Waals surface area contributed by atoms with Crippen LogP contribution in [0.4, 0.5) is 17.6 Å². The van der Waals surface area contributed by atoms with Gasteiger partial charge in [0.05, 0.1) is 5.56 Å². The summed E-state index contributed by atoms with van der Waals surface area (Å²) in [5, 5.41) is 0. The third-order valence-electron chi connectivity index (χ3n) is 2.75. The summed E-state index contributed by atoms with van der Waals surface area (Å²) in [6.07, 6.45) is -2.23. The van der Waals surface area contributed by atoms with Crippen LogP contribution in [0, 0.1) is 5.82 Å². The number of hydrogen-bond donors (Lipinski definition) is 2. The Kier molecular flexibility index (Phi) is 5.10. The van der Waals surface area contributed by atoms with E-state index in [1.165, 1.54) is 6.07 Å². The molecule has 1 rings (SSSR count). The van der Waals surface area contributed by atoms with Gasteiger partial charge in [-0.15, -0.1) is 0 Å². The van der Waals surface area contributed by atoms with Gasteiger partial charge in [0.2, 0.25) is 0 Å². The maximum absolute atomic E-state index is 13.4. The molecule has 0 fully saturated rings. The molecule has 0 amide bonds. The first-order chi connectivity index (χ1) is 8.40. The summed E-state index contributed by atoms with van der Waals surface area (Å²) in [5.74, 6) is 4.06. The van der Waals surface area contributed by atoms with Crippen molar-refractivity contribution in [3.8, 4) is 0 Å². The Morgan fingerprint density at radius 3 is 2.44 bits per heavy atom. The van der Waals surface area contributed by atoms with Crippen LogP contribution < -0.4 is 11.3 Å². The van der Waals surface area contributed by atoms with Gasteiger partial charge in [-0.25, -0.2) is 4.39 Å². The lowest BCUT2D eigenvalue weighted by molar-refractivity contribution is -0.140. The second kappa shape index (κ2) is 6.15. The van der Waals surface area contributed by atoms with Crippen molar-refractivity contribution >= 4 is 0 Å². The lowest BCUT2D eigenvalue weighted by Crippen LogP contribution is -2.28. The van der Waals surface area contributed by atoms with Crippen molar-refractivity contribution < 1.29 is 17.6 Å². The molecule has 0 bridgehead atoms. The molecule has 0 radical (unpaired) electrons. The second-order valence-corrected chi connectivity index (χ2v) is 4.10. The molecular weight excluding hydrogens is 248 g/mol. The monoisotopic (exact) mass is 264 g/mol. The average molecular weight is 264 g/mol. The van der Waals surface area contributed by atoms with E-state index in [4.69, 9.17) is 5.84 Å². The van der Waals surface area contributed by atoms with Gasteiger partial charge in [0.1, 0.15) is 5.82 Å². The molecule has 1 aromatic rings. The first-order valence-electron chi connectivity index (χ1n) is 5.73. The number of nitrogens with one attached hydrogen (secondary N) is 1. The Morgan fingerprint density at radius 1 is 1.33 bits per heavy atom. The molecule has 0 saturated carbocycles. The normalized spacial score (nSPS) is 13.7. The molecule has 0 saturated heterocycles. The van der Waals surface area contributed by atoms with Crippen molar-refractivity contribution in [1.82, 2.24) is 5.43 Å². The van der Waals surface area contributed by atoms with Crippen LogP contribution in [-0.4, -0.2) is 0 Å². The summed E-state index contributed by atoms with van der Waals surface area (Å²) >= 11 is 0. The van der Waals surface area contributed by atoms with Crippen LogP contribution >= 0.6 is 0 Å². The largest absolute Gasteiger partial charge is 0.419 e. The smallest absolute Gasteiger partial charge is 0.271 e. The summed E-state index contributed by atoms with van der Waals surface area (Å²) in [6.45, 7) is 1.99. The van der Waals surface area contributed by atoms with Gasteiger partial charge in [0, 0.05) is 6.04 Å². The minimum atomic E-state index is -4.67. The van der Waals surface area contributed by atoms with Gasteiger partial charge in [0.15, 0.2) is 0 Å². The highest BCUT2D eigenvalue weighted by atomic mass is 19.4. The molecule has 1 atom stereocenters. The van der Waals surface area contributed by atoms with Crippen molar-refractivity contribution in [1.29, 1.82) is 0 Å². The molecular formula is C12H16F4N2. The van der Waals surface area contributed by atoms with Gasteiger partial charge in [-0.05, 0) is 24.1 Å². The number of benzene rings is 1. The highest BCUT2D eigenvalue weighted by molar-refractivity contribution is 5.28. The van der Waals surface area contributed by atoms with Gasteiger partial charge < -0.3 is 0 Å². The van der Waals surface area contributed by atoms with Crippen molar-refractivity contribution in [2.75, 3.05) is 0 Å². The van der Waals surface area contributed by atoms with E-state index >= 15 is 0 Å². The molecule has 1 aromatic carbocycles. The highest BCUT2D eigenvalue weighted by Crippen LogP contribution is 2.32. The molecule has 0 heterocycles. The average Bonchev–Trinajstić information content (AvgIpc) is 2.28. The third-order valence-corrected chi connectivity index (χ3v) is 2.75. The van der Waals surface area contributed by atoms with Gasteiger partial charge in [-0.2, -0.15) is 13.2 Å². The Bertz CT molecular complexity index is 390. The molecule has 0 aliphatic heterocycles. The molecule has 0 aliphatic carbocycles. The molecule has 2 nitrogen and oxygen atoms in total. The lowest BCUT2D eigenvalue weighted by atomic mass is 10.00. The van der Waals surface area contributed by atoms with Crippen LogP contribution in [0.2, 0.25) is 0 Å². The van der Waals surface area contributed by atoms with Crippen LogP contribution in [-0.2, 0) is 6.18 Å². The zero-order chi connectivity index (χ0) is 13.8. The molecule has 1 unspecified atom stereocenters. The van der Waals surface area contributed by atoms with E-state index in [9.17, 15) is 17.6 Å². The predicted molar refractivity (Wildman–Crippen MR) is 61.0 cm³/mol. The third kappa shape index (κ3) is 3.68. The lowest BCUT2D eigenvalue weighted by Gasteiger charge is -2.17. The number of halogens is 4. The van der Waals surface area contributed by atoms with Gasteiger partial charge >= 0.3 is 6.18 Å². The molecule has 18 heavy (non-hydrogen) atoms. The van der Waals surface area contributed by atoms with Crippen LogP contribution in [0.15, 0.2) is 18.2 Å². The maximum Gasteiger partial charge on any atom is 0.419 e. The Balaban J connectivity index is 2.95. The van der Waals surface area contributed by atoms with Crippen molar-refractivity contribution in [3.63, 3.8) is 0 Å². The first-order valence-corrected chi connectivity index (χ1v) is 5.73. The van der Waals surface area contributed by atoms with E-state index in [0.717, 1.165) is 25.0 Å². The molecule has 0 aromatic heterocycles. The Hall–Kier alpha value is -1.14. The predicted octanol–water partition coefficient (Wildman–Crippen LogP) is 3.54. The second-order valence-electron chi connectivity index (χ2n) is 4.10. The number of alkyl halides is 3. The summed E-state index contributed by atoms with van der Waals surface area (Å²) < 4.78 is 50.5. The number of hydrazine groups is 1. The van der Waals surface area contributed by atoms with Crippen LogP contribution in [0.1, 0.15) is 43.4 Å².